The fraction of sp³-hybridized carbons (Fsp3) is 0.480. The minimum Gasteiger partial charge on any atom is -0.405 e. The van der Waals surface area contributed by atoms with Gasteiger partial charge < -0.3 is 27.9 Å². The highest BCUT2D eigenvalue weighted by molar-refractivity contribution is 9.10. The van der Waals surface area contributed by atoms with Gasteiger partial charge in [0, 0.05) is 15.2 Å². The van der Waals surface area contributed by atoms with E-state index in [9.17, 15) is 10.5 Å². The van der Waals surface area contributed by atoms with Crippen molar-refractivity contribution in [2.75, 3.05) is 0 Å². The Bertz CT molecular complexity index is 2920. The summed E-state index contributed by atoms with van der Waals surface area (Å²) in [6.07, 6.45) is 7.18. The zero-order chi connectivity index (χ0) is 48.9. The second-order valence-corrected chi connectivity index (χ2v) is 22.5. The van der Waals surface area contributed by atoms with E-state index in [-0.39, 0.29) is 27.8 Å². The van der Waals surface area contributed by atoms with Crippen LogP contribution in [0.5, 0.6) is 0 Å². The largest absolute Gasteiger partial charge is 0.494 e. The van der Waals surface area contributed by atoms with Crippen molar-refractivity contribution in [3.05, 3.63) is 101 Å². The van der Waals surface area contributed by atoms with Crippen LogP contribution in [-0.2, 0) is 38.8 Å². The smallest absolute Gasteiger partial charge is 0.405 e. The lowest BCUT2D eigenvalue weighted by atomic mass is 9.49. The number of halogens is 1. The van der Waals surface area contributed by atoms with Gasteiger partial charge in [0.2, 0.25) is 0 Å². The SMILES string of the molecule is CC1(C)OB(B2OC(C)(C)C(C)(C)O2)OC1(C)C.CC1(C)OB(c2ccc3cnn(-c4cccc(C5(C#N)CC5)n4)c3c2)OC1(C)C.N#CC1(c2cccc(-n3ncc4ccc(Br)cc43)n2)CC1. The van der Waals surface area contributed by atoms with Crippen LogP contribution in [-0.4, -0.2) is 84.3 Å². The Balaban J connectivity index is 0.000000132. The van der Waals surface area contributed by atoms with Gasteiger partial charge in [-0.05, 0) is 157 Å². The highest BCUT2D eigenvalue weighted by Gasteiger charge is 2.64. The third-order valence-corrected chi connectivity index (χ3v) is 15.7. The Hall–Kier alpha value is -4.91. The normalized spacial score (nSPS) is 22.4. The maximum atomic E-state index is 9.51. The second kappa shape index (κ2) is 16.6. The monoisotopic (exact) mass is 978 g/mol. The van der Waals surface area contributed by atoms with Gasteiger partial charge in [-0.25, -0.2) is 19.3 Å². The van der Waals surface area contributed by atoms with Gasteiger partial charge in [-0.2, -0.15) is 20.7 Å². The summed E-state index contributed by atoms with van der Waals surface area (Å²) in [6, 6.07) is 28.5. The summed E-state index contributed by atoms with van der Waals surface area (Å²) in [5, 5.41) is 29.9. The van der Waals surface area contributed by atoms with E-state index in [1.165, 1.54) is 0 Å². The summed E-state index contributed by atoms with van der Waals surface area (Å²) >= 11 is 3.49. The Morgan fingerprint density at radius 2 is 0.897 bits per heavy atom. The molecule has 5 aliphatic rings. The van der Waals surface area contributed by atoms with Crippen molar-refractivity contribution in [1.82, 2.24) is 29.5 Å². The molecule has 6 aromatic rings. The zero-order valence-corrected chi connectivity index (χ0v) is 42.6. The van der Waals surface area contributed by atoms with Crippen LogP contribution in [0.2, 0.25) is 0 Å². The zero-order valence-electron chi connectivity index (χ0n) is 41.0. The average molecular weight is 979 g/mol. The van der Waals surface area contributed by atoms with Crippen LogP contribution >= 0.6 is 15.9 Å². The minimum atomic E-state index is -0.476. The molecule has 350 valence electrons. The van der Waals surface area contributed by atoms with Gasteiger partial charge in [-0.15, -0.1) is 0 Å². The molecular weight excluding hydrogens is 921 g/mol. The number of pyridine rings is 2. The Morgan fingerprint density at radius 3 is 1.29 bits per heavy atom. The van der Waals surface area contributed by atoms with Crippen molar-refractivity contribution >= 4 is 64.3 Å². The molecule has 2 saturated carbocycles. The van der Waals surface area contributed by atoms with Crippen LogP contribution in [0, 0.1) is 22.7 Å². The second-order valence-electron chi connectivity index (χ2n) is 21.6. The lowest BCUT2D eigenvalue weighted by Crippen LogP contribution is -2.41. The number of hydrogen-bond donors (Lipinski definition) is 0. The number of nitriles is 2. The molecule has 14 nitrogen and oxygen atoms in total. The summed E-state index contributed by atoms with van der Waals surface area (Å²) in [4.78, 5) is 9.42. The molecule has 0 spiro atoms. The van der Waals surface area contributed by atoms with E-state index in [4.69, 9.17) is 32.9 Å². The summed E-state index contributed by atoms with van der Waals surface area (Å²) < 4.78 is 40.9. The van der Waals surface area contributed by atoms with Crippen LogP contribution in [0.15, 0.2) is 89.7 Å². The van der Waals surface area contributed by atoms with E-state index in [0.717, 1.165) is 74.6 Å². The fourth-order valence-electron chi connectivity index (χ4n) is 8.23. The first kappa shape index (κ1) is 48.1. The van der Waals surface area contributed by atoms with E-state index in [1.54, 1.807) is 0 Å². The van der Waals surface area contributed by atoms with E-state index >= 15 is 0 Å². The lowest BCUT2D eigenvalue weighted by molar-refractivity contribution is 0.00578. The van der Waals surface area contributed by atoms with E-state index in [2.05, 4.69) is 49.3 Å². The Kier molecular flexibility index (Phi) is 11.8. The molecule has 3 saturated heterocycles. The van der Waals surface area contributed by atoms with Crippen molar-refractivity contribution in [1.29, 1.82) is 10.5 Å². The number of nitrogens with zero attached hydrogens (tertiary/aromatic N) is 8. The predicted octanol–water partition coefficient (Wildman–Crippen LogP) is 9.26. The first-order valence-corrected chi connectivity index (χ1v) is 24.1. The van der Waals surface area contributed by atoms with Gasteiger partial charge in [0.1, 0.15) is 0 Å². The third kappa shape index (κ3) is 8.61. The molecule has 11 rings (SSSR count). The quantitative estimate of drug-likeness (QED) is 0.146. The van der Waals surface area contributed by atoms with Gasteiger partial charge in [-0.3, -0.25) is 0 Å². The molecule has 18 heteroatoms. The maximum Gasteiger partial charge on any atom is 0.494 e. The van der Waals surface area contributed by atoms with Crippen molar-refractivity contribution < 1.29 is 27.9 Å². The molecular formula is C50H58B3BrN8O6. The summed E-state index contributed by atoms with van der Waals surface area (Å²) in [5.74, 6) is 1.47. The highest BCUT2D eigenvalue weighted by Crippen LogP contribution is 2.48. The van der Waals surface area contributed by atoms with Crippen LogP contribution in [0.25, 0.3) is 33.4 Å². The van der Waals surface area contributed by atoms with Gasteiger partial charge in [0.05, 0.1) is 91.4 Å². The van der Waals surface area contributed by atoms with E-state index < -0.39 is 37.8 Å². The summed E-state index contributed by atoms with van der Waals surface area (Å²) in [7, 11) is -1.38. The fourth-order valence-corrected chi connectivity index (χ4v) is 8.58. The topological polar surface area (TPSA) is 164 Å². The molecule has 2 aliphatic carbocycles. The van der Waals surface area contributed by atoms with Gasteiger partial charge in [-0.1, -0.05) is 46.3 Å². The molecule has 0 amide bonds. The van der Waals surface area contributed by atoms with Crippen molar-refractivity contribution in [2.24, 2.45) is 0 Å². The van der Waals surface area contributed by atoms with E-state index in [1.807, 2.05) is 172 Å². The van der Waals surface area contributed by atoms with Crippen molar-refractivity contribution in [2.45, 2.75) is 153 Å². The first-order valence-electron chi connectivity index (χ1n) is 23.3. The minimum absolute atomic E-state index is 0.360. The van der Waals surface area contributed by atoms with Gasteiger partial charge >= 0.3 is 21.1 Å². The third-order valence-electron chi connectivity index (χ3n) is 15.2. The maximum absolute atomic E-state index is 9.51. The number of hydrogen-bond acceptors (Lipinski definition) is 12. The van der Waals surface area contributed by atoms with Crippen LogP contribution in [0.4, 0.5) is 0 Å². The number of benzene rings is 2. The lowest BCUT2D eigenvalue weighted by Gasteiger charge is -2.32. The van der Waals surface area contributed by atoms with Crippen molar-refractivity contribution in [3.8, 4) is 23.8 Å². The first-order chi connectivity index (χ1) is 31.8. The average Bonchev–Trinajstić information content (AvgIpc) is 4.10. The summed E-state index contributed by atoms with van der Waals surface area (Å²) in [6.45, 7) is 24.4. The molecule has 3 aliphatic heterocycles. The molecule has 5 fully saturated rings. The molecule has 0 atom stereocenters. The highest BCUT2D eigenvalue weighted by atomic mass is 79.9. The molecule has 2 aromatic carbocycles. The molecule has 0 bridgehead atoms. The van der Waals surface area contributed by atoms with Gasteiger partial charge in [0.15, 0.2) is 11.6 Å². The summed E-state index contributed by atoms with van der Waals surface area (Å²) in [5.41, 5.74) is 1.53. The molecule has 0 unspecified atom stereocenters. The number of rotatable bonds is 6. The number of fused-ring (bicyclic) bond motifs is 2. The standard InChI is InChI=1S/C22H23BN4O2.C16H11BrN4.C12H24B2O4/c1-20(2)21(3,4)29-23(28-20)16-9-8-15-13-25-27(17(15)12-16)19-7-5-6-18(26-19)22(14-24)10-11-22;17-12-5-4-11-9-19-21(13(11)8-12)15-3-1-2-14(20-15)16(10-18)6-7-16;1-9(2)10(3,4)16-13(15-9)14-17-11(5,6)12(7,8)18-14/h5-9,12-13H,10-11H2,1-4H3;1-5,8-9H,6-7H2;1-8H3. The number of aromatic nitrogens is 6. The van der Waals surface area contributed by atoms with Crippen LogP contribution in [0.1, 0.15) is 120 Å². The van der Waals surface area contributed by atoms with Crippen LogP contribution in [0.3, 0.4) is 0 Å². The van der Waals surface area contributed by atoms with Crippen LogP contribution < -0.4 is 5.46 Å². The molecule has 0 radical (unpaired) electrons. The molecule has 0 N–H and O–H groups in total. The predicted molar refractivity (Wildman–Crippen MR) is 266 cm³/mol. The van der Waals surface area contributed by atoms with Crippen molar-refractivity contribution in [3.63, 3.8) is 0 Å². The van der Waals surface area contributed by atoms with Gasteiger partial charge in [0.25, 0.3) is 0 Å². The Labute approximate surface area is 408 Å². The molecule has 68 heavy (non-hydrogen) atoms. The molecule has 7 heterocycles. The molecule has 4 aromatic heterocycles. The van der Waals surface area contributed by atoms with E-state index in [0.29, 0.717) is 5.82 Å². The Morgan fingerprint density at radius 1 is 0.515 bits per heavy atom.